The summed E-state index contributed by atoms with van der Waals surface area (Å²) in [6, 6.07) is 13.9. The Morgan fingerprint density at radius 1 is 0.808 bits per heavy atom. The Balaban J connectivity index is 1.58. The second kappa shape index (κ2) is 8.10. The highest BCUT2D eigenvalue weighted by molar-refractivity contribution is 5.32. The Hall–Kier alpha value is -2.05. The number of alkyl halides is 3. The molecule has 1 fully saturated rings. The average Bonchev–Trinajstić information content (AvgIpc) is 2.63. The van der Waals surface area contributed by atoms with Crippen LogP contribution in [-0.4, -0.2) is 33.3 Å². The molecule has 0 aromatic heterocycles. The zero-order chi connectivity index (χ0) is 18.6. The zero-order valence-corrected chi connectivity index (χ0v) is 14.9. The van der Waals surface area contributed by atoms with Crippen molar-refractivity contribution < 1.29 is 27.7 Å². The number of rotatable bonds is 5. The Labute approximate surface area is 152 Å². The lowest BCUT2D eigenvalue weighted by Gasteiger charge is -2.30. The molecule has 0 aliphatic carbocycles. The molecule has 26 heavy (non-hydrogen) atoms. The van der Waals surface area contributed by atoms with Gasteiger partial charge in [0.1, 0.15) is 45.0 Å². The van der Waals surface area contributed by atoms with Crippen LogP contribution in [0, 0.1) is 0 Å². The van der Waals surface area contributed by atoms with E-state index in [-0.39, 0.29) is 0 Å². The lowest BCUT2D eigenvalue weighted by Crippen LogP contribution is -3.27. The fraction of sp³-hybridized carbons (Fsp3) is 0.400. The highest BCUT2D eigenvalue weighted by Gasteiger charge is 2.34. The predicted molar refractivity (Wildman–Crippen MR) is 93.2 cm³/mol. The maximum Gasteiger partial charge on any atom is 0.416 e. The minimum atomic E-state index is -4.28. The largest absolute Gasteiger partial charge is 0.496 e. The van der Waals surface area contributed by atoms with Gasteiger partial charge < -0.3 is 14.5 Å². The maximum atomic E-state index is 13.2. The molecular weight excluding hydrogens is 341 g/mol. The normalized spacial score (nSPS) is 20.8. The number of para-hydroxylation sites is 1. The van der Waals surface area contributed by atoms with E-state index in [1.165, 1.54) is 27.5 Å². The standard InChI is InChI=1S/C20H23F3N2O/c1-26-19-9-5-3-7-17(19)15-25-12-10-24(11-13-25)14-16-6-2-4-8-18(16)20(21,22)23/h2-9H,10-15H2,1H3/p+2. The monoisotopic (exact) mass is 366 g/mol. The van der Waals surface area contributed by atoms with Crippen LogP contribution >= 0.6 is 0 Å². The summed E-state index contributed by atoms with van der Waals surface area (Å²) in [5.41, 5.74) is 1.07. The molecule has 0 spiro atoms. The number of methoxy groups -OCH3 is 1. The number of ether oxygens (including phenoxy) is 1. The van der Waals surface area contributed by atoms with Crippen LogP contribution in [0.15, 0.2) is 48.5 Å². The highest BCUT2D eigenvalue weighted by Crippen LogP contribution is 2.31. The van der Waals surface area contributed by atoms with Crippen molar-refractivity contribution in [1.29, 1.82) is 0 Å². The summed E-state index contributed by atoms with van der Waals surface area (Å²) in [4.78, 5) is 2.66. The second-order valence-electron chi connectivity index (χ2n) is 6.82. The third-order valence-corrected chi connectivity index (χ3v) is 5.06. The summed E-state index contributed by atoms with van der Waals surface area (Å²) in [5.74, 6) is 0.897. The summed E-state index contributed by atoms with van der Waals surface area (Å²) in [7, 11) is 1.67. The van der Waals surface area contributed by atoms with E-state index < -0.39 is 11.7 Å². The van der Waals surface area contributed by atoms with Crippen molar-refractivity contribution >= 4 is 0 Å². The maximum absolute atomic E-state index is 13.2. The van der Waals surface area contributed by atoms with E-state index in [0.29, 0.717) is 12.1 Å². The number of piperazine rings is 1. The van der Waals surface area contributed by atoms with Gasteiger partial charge in [0.15, 0.2) is 0 Å². The molecule has 2 aromatic carbocycles. The van der Waals surface area contributed by atoms with Crippen molar-refractivity contribution in [3.63, 3.8) is 0 Å². The summed E-state index contributed by atoms with van der Waals surface area (Å²) in [6.45, 7) is 4.95. The van der Waals surface area contributed by atoms with E-state index in [9.17, 15) is 13.2 Å². The van der Waals surface area contributed by atoms with Crippen LogP contribution in [0.1, 0.15) is 16.7 Å². The summed E-state index contributed by atoms with van der Waals surface area (Å²) in [5, 5.41) is 0. The van der Waals surface area contributed by atoms with Gasteiger partial charge in [-0.2, -0.15) is 13.2 Å². The molecule has 3 rings (SSSR count). The highest BCUT2D eigenvalue weighted by atomic mass is 19.4. The third kappa shape index (κ3) is 4.56. The van der Waals surface area contributed by atoms with Gasteiger partial charge in [-0.25, -0.2) is 0 Å². The number of halogens is 3. The number of hydrogen-bond acceptors (Lipinski definition) is 1. The molecule has 2 N–H and O–H groups in total. The third-order valence-electron chi connectivity index (χ3n) is 5.06. The van der Waals surface area contributed by atoms with Crippen molar-refractivity contribution in [1.82, 2.24) is 0 Å². The fourth-order valence-corrected chi connectivity index (χ4v) is 3.65. The van der Waals surface area contributed by atoms with Gasteiger partial charge in [-0.1, -0.05) is 30.3 Å². The minimum absolute atomic E-state index is 0.392. The van der Waals surface area contributed by atoms with Crippen LogP contribution in [0.3, 0.4) is 0 Å². The van der Waals surface area contributed by atoms with Gasteiger partial charge in [0, 0.05) is 11.1 Å². The molecule has 1 aliphatic rings. The van der Waals surface area contributed by atoms with Crippen molar-refractivity contribution in [3.8, 4) is 5.75 Å². The summed E-state index contributed by atoms with van der Waals surface area (Å²) >= 11 is 0. The van der Waals surface area contributed by atoms with Gasteiger partial charge in [-0.05, 0) is 18.2 Å². The Morgan fingerprint density at radius 3 is 1.88 bits per heavy atom. The molecule has 2 aromatic rings. The zero-order valence-electron chi connectivity index (χ0n) is 14.9. The Bertz CT molecular complexity index is 725. The lowest BCUT2D eigenvalue weighted by atomic mass is 10.1. The molecule has 1 heterocycles. The molecule has 6 heteroatoms. The number of hydrogen-bond donors (Lipinski definition) is 2. The minimum Gasteiger partial charge on any atom is -0.496 e. The van der Waals surface area contributed by atoms with Crippen LogP contribution in [0.5, 0.6) is 5.75 Å². The Kier molecular flexibility index (Phi) is 5.84. The van der Waals surface area contributed by atoms with Crippen LogP contribution in [0.2, 0.25) is 0 Å². The quantitative estimate of drug-likeness (QED) is 0.814. The molecule has 0 amide bonds. The topological polar surface area (TPSA) is 18.1 Å². The molecule has 0 unspecified atom stereocenters. The molecule has 1 aliphatic heterocycles. The van der Waals surface area contributed by atoms with Crippen LogP contribution in [0.25, 0.3) is 0 Å². The molecule has 0 bridgehead atoms. The first-order valence-electron chi connectivity index (χ1n) is 8.91. The smallest absolute Gasteiger partial charge is 0.416 e. The molecule has 3 nitrogen and oxygen atoms in total. The van der Waals surface area contributed by atoms with Crippen molar-refractivity contribution in [2.24, 2.45) is 0 Å². The lowest BCUT2D eigenvalue weighted by molar-refractivity contribution is -1.02. The first kappa shape index (κ1) is 18.7. The molecule has 0 radical (unpaired) electrons. The number of nitrogens with one attached hydrogen (secondary N) is 2. The van der Waals surface area contributed by atoms with Crippen LogP contribution < -0.4 is 14.5 Å². The van der Waals surface area contributed by atoms with Gasteiger partial charge in [-0.15, -0.1) is 0 Å². The molecular formula is C20H25F3N2O+2. The van der Waals surface area contributed by atoms with E-state index in [0.717, 1.165) is 38.5 Å². The molecule has 140 valence electrons. The SMILES string of the molecule is COc1ccccc1C[NH+]1CC[NH+](Cc2ccccc2C(F)(F)F)CC1. The van der Waals surface area contributed by atoms with E-state index in [4.69, 9.17) is 4.74 Å². The predicted octanol–water partition coefficient (Wildman–Crippen LogP) is 1.20. The van der Waals surface area contributed by atoms with Crippen molar-refractivity contribution in [3.05, 3.63) is 65.2 Å². The van der Waals surface area contributed by atoms with E-state index >= 15 is 0 Å². The van der Waals surface area contributed by atoms with Crippen molar-refractivity contribution in [2.45, 2.75) is 19.3 Å². The number of benzene rings is 2. The number of quaternary nitrogens is 2. The molecule has 0 atom stereocenters. The van der Waals surface area contributed by atoms with Gasteiger partial charge in [0.25, 0.3) is 0 Å². The molecule has 0 saturated carbocycles. The van der Waals surface area contributed by atoms with Gasteiger partial charge in [0.2, 0.25) is 0 Å². The van der Waals surface area contributed by atoms with E-state index in [1.54, 1.807) is 19.2 Å². The van der Waals surface area contributed by atoms with Crippen LogP contribution in [-0.2, 0) is 19.3 Å². The second-order valence-corrected chi connectivity index (χ2v) is 6.82. The van der Waals surface area contributed by atoms with Gasteiger partial charge >= 0.3 is 6.18 Å². The van der Waals surface area contributed by atoms with E-state index in [1.807, 2.05) is 18.2 Å². The average molecular weight is 366 g/mol. The molecule has 1 saturated heterocycles. The van der Waals surface area contributed by atoms with Gasteiger partial charge in [0.05, 0.1) is 12.7 Å². The van der Waals surface area contributed by atoms with Gasteiger partial charge in [-0.3, -0.25) is 0 Å². The van der Waals surface area contributed by atoms with Crippen LogP contribution in [0.4, 0.5) is 13.2 Å². The summed E-state index contributed by atoms with van der Waals surface area (Å²) < 4.78 is 44.9. The summed E-state index contributed by atoms with van der Waals surface area (Å²) in [6.07, 6.45) is -4.28. The first-order valence-corrected chi connectivity index (χ1v) is 8.91. The Morgan fingerprint density at radius 2 is 1.31 bits per heavy atom. The first-order chi connectivity index (χ1) is 12.5. The van der Waals surface area contributed by atoms with Crippen molar-refractivity contribution in [2.75, 3.05) is 33.3 Å². The fourth-order valence-electron chi connectivity index (χ4n) is 3.65. The van der Waals surface area contributed by atoms with E-state index in [2.05, 4.69) is 6.07 Å².